The number of hydrogen-bond acceptors (Lipinski definition) is 2. The van der Waals surface area contributed by atoms with E-state index in [1.54, 1.807) is 0 Å². The molecule has 0 aromatic heterocycles. The molecule has 4 nitrogen and oxygen atoms in total. The van der Waals surface area contributed by atoms with Gasteiger partial charge in [0.1, 0.15) is 11.6 Å². The minimum Gasteiger partial charge on any atom is -0.258 e. The van der Waals surface area contributed by atoms with Crippen molar-refractivity contribution in [3.63, 3.8) is 0 Å². The monoisotopic (exact) mass is 250 g/mol. The van der Waals surface area contributed by atoms with E-state index in [-0.39, 0.29) is 5.69 Å². The Bertz CT molecular complexity index is 488. The predicted molar refractivity (Wildman–Crippen MR) is 57.4 cm³/mol. The molecule has 0 amide bonds. The smallest absolute Gasteiger partial charge is 0.258 e. The Balaban J connectivity index is 3.25. The van der Waals surface area contributed by atoms with Gasteiger partial charge in [0.25, 0.3) is 0 Å². The average Bonchev–Trinajstić information content (AvgIpc) is 2.20. The Hall–Kier alpha value is -1.21. The lowest BCUT2D eigenvalue weighted by Gasteiger charge is -2.23. The van der Waals surface area contributed by atoms with Gasteiger partial charge in [0.05, 0.1) is 5.69 Å². The molecule has 0 unspecified atom stereocenters. The molecule has 90 valence electrons. The summed E-state index contributed by atoms with van der Waals surface area (Å²) in [5.41, 5.74) is -0.325. The molecule has 16 heavy (non-hydrogen) atoms. The van der Waals surface area contributed by atoms with Crippen LogP contribution >= 0.6 is 0 Å². The number of anilines is 1. The topological polar surface area (TPSA) is 40.6 Å². The molecule has 0 heterocycles. The van der Waals surface area contributed by atoms with Gasteiger partial charge >= 0.3 is 10.2 Å². The second kappa shape index (κ2) is 4.34. The lowest BCUT2D eigenvalue weighted by Crippen LogP contribution is -2.37. The summed E-state index contributed by atoms with van der Waals surface area (Å²) >= 11 is 0. The van der Waals surface area contributed by atoms with Crippen LogP contribution in [-0.4, -0.2) is 33.9 Å². The third-order valence-electron chi connectivity index (χ3n) is 2.05. The van der Waals surface area contributed by atoms with Crippen LogP contribution in [0.25, 0.3) is 0 Å². The molecule has 0 aliphatic heterocycles. The van der Waals surface area contributed by atoms with Crippen LogP contribution in [0.4, 0.5) is 14.5 Å². The molecule has 1 aromatic rings. The number of rotatable bonds is 3. The normalized spacial score (nSPS) is 11.9. The van der Waals surface area contributed by atoms with Crippen LogP contribution in [0.5, 0.6) is 0 Å². The Morgan fingerprint density at radius 2 is 1.69 bits per heavy atom. The van der Waals surface area contributed by atoms with Crippen molar-refractivity contribution in [1.29, 1.82) is 0 Å². The van der Waals surface area contributed by atoms with E-state index in [1.165, 1.54) is 14.1 Å². The molecule has 1 rings (SSSR count). The molecule has 0 fully saturated rings. The Morgan fingerprint density at radius 1 is 1.12 bits per heavy atom. The molecular weight excluding hydrogens is 238 g/mol. The zero-order valence-corrected chi connectivity index (χ0v) is 9.92. The zero-order valence-electron chi connectivity index (χ0n) is 9.11. The summed E-state index contributed by atoms with van der Waals surface area (Å²) in [7, 11) is -0.0322. The van der Waals surface area contributed by atoms with E-state index in [2.05, 4.69) is 0 Å². The molecule has 0 saturated heterocycles. The Labute approximate surface area is 93.3 Å². The molecule has 0 saturated carbocycles. The summed E-state index contributed by atoms with van der Waals surface area (Å²) in [6.07, 6.45) is 0. The van der Waals surface area contributed by atoms with Crippen molar-refractivity contribution in [1.82, 2.24) is 4.31 Å². The third-order valence-corrected chi connectivity index (χ3v) is 3.87. The highest BCUT2D eigenvalue weighted by atomic mass is 32.2. The van der Waals surface area contributed by atoms with E-state index in [1.807, 2.05) is 0 Å². The predicted octanol–water partition coefficient (Wildman–Crippen LogP) is 1.21. The lowest BCUT2D eigenvalue weighted by molar-refractivity contribution is 0.517. The highest BCUT2D eigenvalue weighted by Gasteiger charge is 2.23. The van der Waals surface area contributed by atoms with Gasteiger partial charge in [-0.15, -0.1) is 0 Å². The first-order chi connectivity index (χ1) is 7.26. The molecule has 0 aliphatic carbocycles. The number of nitrogens with zero attached hydrogens (tertiary/aromatic N) is 2. The van der Waals surface area contributed by atoms with Crippen molar-refractivity contribution >= 4 is 15.9 Å². The summed E-state index contributed by atoms with van der Waals surface area (Å²) in [6.45, 7) is 0. The van der Waals surface area contributed by atoms with Crippen LogP contribution in [0.15, 0.2) is 18.2 Å². The molecule has 1 aromatic carbocycles. The van der Waals surface area contributed by atoms with Crippen LogP contribution in [-0.2, 0) is 10.2 Å². The molecule has 0 spiro atoms. The third kappa shape index (κ3) is 2.30. The minimum absolute atomic E-state index is 0.325. The van der Waals surface area contributed by atoms with Gasteiger partial charge in [-0.25, -0.2) is 8.78 Å². The number of benzene rings is 1. The SMILES string of the molecule is CN(C)S(=O)(=O)N(C)c1cc(F)ccc1F. The molecular formula is C9H12F2N2O2S. The second-order valence-corrected chi connectivity index (χ2v) is 5.53. The van der Waals surface area contributed by atoms with Gasteiger partial charge in [0.2, 0.25) is 0 Å². The highest BCUT2D eigenvalue weighted by molar-refractivity contribution is 7.90. The van der Waals surface area contributed by atoms with Crippen molar-refractivity contribution in [3.05, 3.63) is 29.8 Å². The largest absolute Gasteiger partial charge is 0.303 e. The number of halogens is 2. The van der Waals surface area contributed by atoms with Crippen molar-refractivity contribution < 1.29 is 17.2 Å². The van der Waals surface area contributed by atoms with Gasteiger partial charge < -0.3 is 0 Å². The summed E-state index contributed by atoms with van der Waals surface area (Å²) in [6, 6.07) is 2.64. The van der Waals surface area contributed by atoms with E-state index in [4.69, 9.17) is 0 Å². The van der Waals surface area contributed by atoms with Crippen molar-refractivity contribution in [2.75, 3.05) is 25.4 Å². The fraction of sp³-hybridized carbons (Fsp3) is 0.333. The summed E-state index contributed by atoms with van der Waals surface area (Å²) < 4.78 is 51.1. The van der Waals surface area contributed by atoms with Crippen molar-refractivity contribution in [3.8, 4) is 0 Å². The first-order valence-electron chi connectivity index (χ1n) is 4.38. The van der Waals surface area contributed by atoms with Crippen molar-refractivity contribution in [2.45, 2.75) is 0 Å². The average molecular weight is 250 g/mol. The van der Waals surface area contributed by atoms with E-state index in [0.29, 0.717) is 4.31 Å². The Kier molecular flexibility index (Phi) is 3.49. The Morgan fingerprint density at radius 3 is 2.19 bits per heavy atom. The number of hydrogen-bond donors (Lipinski definition) is 0. The highest BCUT2D eigenvalue weighted by Crippen LogP contribution is 2.22. The van der Waals surface area contributed by atoms with Crippen molar-refractivity contribution in [2.24, 2.45) is 0 Å². The molecule has 7 heteroatoms. The van der Waals surface area contributed by atoms with E-state index < -0.39 is 21.8 Å². The summed E-state index contributed by atoms with van der Waals surface area (Å²) in [5, 5.41) is 0. The maximum Gasteiger partial charge on any atom is 0.303 e. The van der Waals surface area contributed by atoms with E-state index >= 15 is 0 Å². The van der Waals surface area contributed by atoms with Gasteiger partial charge in [-0.1, -0.05) is 0 Å². The minimum atomic E-state index is -3.81. The maximum atomic E-state index is 13.3. The summed E-state index contributed by atoms with van der Waals surface area (Å²) in [4.78, 5) is 0. The van der Waals surface area contributed by atoms with Gasteiger partial charge in [0, 0.05) is 27.2 Å². The van der Waals surface area contributed by atoms with Crippen LogP contribution < -0.4 is 4.31 Å². The van der Waals surface area contributed by atoms with Gasteiger partial charge in [-0.3, -0.25) is 4.31 Å². The van der Waals surface area contributed by atoms with E-state index in [9.17, 15) is 17.2 Å². The standard InChI is InChI=1S/C9H12F2N2O2S/c1-12(2)16(14,15)13(3)9-6-7(10)4-5-8(9)11/h4-6H,1-3H3. The van der Waals surface area contributed by atoms with Crippen LogP contribution in [0.2, 0.25) is 0 Å². The lowest BCUT2D eigenvalue weighted by atomic mass is 10.3. The molecule has 0 N–H and O–H groups in total. The van der Waals surface area contributed by atoms with Gasteiger partial charge in [-0.2, -0.15) is 12.7 Å². The summed E-state index contributed by atoms with van der Waals surface area (Å²) in [5.74, 6) is -1.49. The van der Waals surface area contributed by atoms with E-state index in [0.717, 1.165) is 29.6 Å². The first kappa shape index (κ1) is 12.9. The van der Waals surface area contributed by atoms with Crippen LogP contribution in [0.1, 0.15) is 0 Å². The van der Waals surface area contributed by atoms with Crippen LogP contribution in [0.3, 0.4) is 0 Å². The second-order valence-electron chi connectivity index (χ2n) is 3.35. The first-order valence-corrected chi connectivity index (χ1v) is 5.78. The van der Waals surface area contributed by atoms with Crippen LogP contribution in [0, 0.1) is 11.6 Å². The van der Waals surface area contributed by atoms with Gasteiger partial charge in [0.15, 0.2) is 0 Å². The van der Waals surface area contributed by atoms with Gasteiger partial charge in [-0.05, 0) is 12.1 Å². The zero-order chi connectivity index (χ0) is 12.5. The fourth-order valence-corrected chi connectivity index (χ4v) is 1.97. The molecule has 0 atom stereocenters. The molecule has 0 bridgehead atoms. The molecule has 0 radical (unpaired) electrons. The fourth-order valence-electron chi connectivity index (χ4n) is 1.10. The molecule has 0 aliphatic rings. The maximum absolute atomic E-state index is 13.3. The quantitative estimate of drug-likeness (QED) is 0.809.